The van der Waals surface area contributed by atoms with Gasteiger partial charge in [-0.2, -0.15) is 0 Å². The van der Waals surface area contributed by atoms with Crippen molar-refractivity contribution in [2.75, 3.05) is 13.2 Å². The summed E-state index contributed by atoms with van der Waals surface area (Å²) < 4.78 is 10.7. The molecule has 1 aliphatic rings. The second-order valence-corrected chi connectivity index (χ2v) is 7.18. The summed E-state index contributed by atoms with van der Waals surface area (Å²) >= 11 is 0. The molecule has 0 fully saturated rings. The Kier molecular flexibility index (Phi) is 5.47. The Labute approximate surface area is 170 Å². The smallest absolute Gasteiger partial charge is 0.407 e. The third kappa shape index (κ3) is 3.94. The molecule has 29 heavy (non-hydrogen) atoms. The summed E-state index contributed by atoms with van der Waals surface area (Å²) in [6, 6.07) is 16.6. The first kappa shape index (κ1) is 19.0. The van der Waals surface area contributed by atoms with E-state index in [4.69, 9.17) is 9.26 Å². The lowest BCUT2D eigenvalue weighted by atomic mass is 9.98. The molecule has 1 aromatic heterocycles. The second kappa shape index (κ2) is 8.35. The normalized spacial score (nSPS) is 12.8. The molecule has 0 bridgehead atoms. The van der Waals surface area contributed by atoms with Crippen molar-refractivity contribution in [2.45, 2.75) is 26.2 Å². The van der Waals surface area contributed by atoms with E-state index in [2.05, 4.69) is 34.7 Å². The number of nitrogens with one attached hydrogen (secondary N) is 1. The lowest BCUT2D eigenvalue weighted by Crippen LogP contribution is -2.26. The molecular formula is C24H24N2O3. The van der Waals surface area contributed by atoms with Gasteiger partial charge in [0.2, 0.25) is 0 Å². The van der Waals surface area contributed by atoms with Crippen LogP contribution in [-0.2, 0) is 4.74 Å². The van der Waals surface area contributed by atoms with Gasteiger partial charge in [0.25, 0.3) is 0 Å². The van der Waals surface area contributed by atoms with Crippen LogP contribution in [0.4, 0.5) is 4.79 Å². The maximum atomic E-state index is 12.1. The molecule has 148 valence electrons. The van der Waals surface area contributed by atoms with Gasteiger partial charge in [-0.3, -0.25) is 0 Å². The fraction of sp³-hybridized carbons (Fsp3) is 0.250. The number of amides is 1. The predicted octanol–water partition coefficient (Wildman–Crippen LogP) is 5.23. The van der Waals surface area contributed by atoms with Crippen LogP contribution in [0.25, 0.3) is 17.2 Å². The van der Waals surface area contributed by atoms with E-state index >= 15 is 0 Å². The molecule has 0 spiro atoms. The molecule has 0 aliphatic heterocycles. The Morgan fingerprint density at radius 2 is 1.76 bits per heavy atom. The minimum atomic E-state index is -0.391. The predicted molar refractivity (Wildman–Crippen MR) is 113 cm³/mol. The van der Waals surface area contributed by atoms with Crippen LogP contribution in [0.1, 0.15) is 40.5 Å². The first-order valence-corrected chi connectivity index (χ1v) is 9.83. The molecule has 1 aliphatic carbocycles. The molecule has 0 saturated heterocycles. The van der Waals surface area contributed by atoms with E-state index in [1.165, 1.54) is 22.3 Å². The SMILES string of the molecule is Cc1noc(C)c1C=CCCNC(=O)OCC1c2ccccc2-c2ccccc21. The third-order valence-electron chi connectivity index (χ3n) is 5.30. The molecule has 5 heteroatoms. The van der Waals surface area contributed by atoms with E-state index in [-0.39, 0.29) is 5.92 Å². The van der Waals surface area contributed by atoms with E-state index in [1.807, 2.05) is 50.3 Å². The molecule has 1 N–H and O–H groups in total. The summed E-state index contributed by atoms with van der Waals surface area (Å²) in [4.78, 5) is 12.1. The van der Waals surface area contributed by atoms with Crippen LogP contribution in [0.5, 0.6) is 0 Å². The molecule has 3 aromatic rings. The van der Waals surface area contributed by atoms with Gasteiger partial charge in [0.05, 0.1) is 5.69 Å². The van der Waals surface area contributed by atoms with Crippen molar-refractivity contribution >= 4 is 12.2 Å². The molecule has 1 amide bonds. The lowest BCUT2D eigenvalue weighted by molar-refractivity contribution is 0.143. The van der Waals surface area contributed by atoms with Gasteiger partial charge in [-0.25, -0.2) is 4.79 Å². The van der Waals surface area contributed by atoms with Crippen LogP contribution in [0.15, 0.2) is 59.1 Å². The Morgan fingerprint density at radius 3 is 2.38 bits per heavy atom. The minimum Gasteiger partial charge on any atom is -0.449 e. The Hall–Kier alpha value is -3.34. The maximum absolute atomic E-state index is 12.1. The highest BCUT2D eigenvalue weighted by atomic mass is 16.5. The first-order valence-electron chi connectivity index (χ1n) is 9.83. The fourth-order valence-corrected chi connectivity index (χ4v) is 3.84. The standard InChI is InChI=1S/C24H24N2O3/c1-16-18(17(2)29-26-16)9-7-8-14-25-24(27)28-15-23-21-12-5-3-10-19(21)20-11-4-6-13-22(20)23/h3-7,9-13,23H,8,14-15H2,1-2H3,(H,25,27). The summed E-state index contributed by atoms with van der Waals surface area (Å²) in [5.41, 5.74) is 6.73. The molecule has 0 radical (unpaired) electrons. The second-order valence-electron chi connectivity index (χ2n) is 7.18. The summed E-state index contributed by atoms with van der Waals surface area (Å²) in [7, 11) is 0. The van der Waals surface area contributed by atoms with Crippen LogP contribution in [0.2, 0.25) is 0 Å². The Bertz CT molecular complexity index is 987. The van der Waals surface area contributed by atoms with Crippen molar-refractivity contribution in [3.63, 3.8) is 0 Å². The number of ether oxygens (including phenoxy) is 1. The van der Waals surface area contributed by atoms with Gasteiger partial charge in [-0.05, 0) is 42.5 Å². The Balaban J connectivity index is 1.29. The number of carbonyl (C=O) groups is 1. The van der Waals surface area contributed by atoms with E-state index < -0.39 is 6.09 Å². The number of benzene rings is 2. The maximum Gasteiger partial charge on any atom is 0.407 e. The average Bonchev–Trinajstić information content (AvgIpc) is 3.23. The molecule has 2 aromatic carbocycles. The highest BCUT2D eigenvalue weighted by Gasteiger charge is 2.28. The van der Waals surface area contributed by atoms with Crippen LogP contribution in [0.3, 0.4) is 0 Å². The third-order valence-corrected chi connectivity index (χ3v) is 5.30. The lowest BCUT2D eigenvalue weighted by Gasteiger charge is -2.14. The largest absolute Gasteiger partial charge is 0.449 e. The highest BCUT2D eigenvalue weighted by molar-refractivity contribution is 5.79. The van der Waals surface area contributed by atoms with Crippen LogP contribution in [-0.4, -0.2) is 24.4 Å². The fourth-order valence-electron chi connectivity index (χ4n) is 3.84. The van der Waals surface area contributed by atoms with E-state index in [0.29, 0.717) is 19.6 Å². The van der Waals surface area contributed by atoms with Crippen molar-refractivity contribution in [3.8, 4) is 11.1 Å². The zero-order valence-corrected chi connectivity index (χ0v) is 16.6. The topological polar surface area (TPSA) is 64.4 Å². The highest BCUT2D eigenvalue weighted by Crippen LogP contribution is 2.44. The van der Waals surface area contributed by atoms with Gasteiger partial charge >= 0.3 is 6.09 Å². The van der Waals surface area contributed by atoms with Crippen molar-refractivity contribution < 1.29 is 14.1 Å². The van der Waals surface area contributed by atoms with E-state index in [9.17, 15) is 4.79 Å². The number of aryl methyl sites for hydroxylation is 2. The number of carbonyl (C=O) groups excluding carboxylic acids is 1. The minimum absolute atomic E-state index is 0.0765. The monoisotopic (exact) mass is 388 g/mol. The van der Waals surface area contributed by atoms with Gasteiger partial charge in [-0.1, -0.05) is 65.8 Å². The van der Waals surface area contributed by atoms with Gasteiger partial charge in [0.15, 0.2) is 0 Å². The number of hydrogen-bond donors (Lipinski definition) is 1. The van der Waals surface area contributed by atoms with Gasteiger partial charge in [-0.15, -0.1) is 0 Å². The van der Waals surface area contributed by atoms with E-state index in [1.54, 1.807) is 0 Å². The molecule has 4 rings (SSSR count). The van der Waals surface area contributed by atoms with E-state index in [0.717, 1.165) is 17.0 Å². The molecule has 0 saturated carbocycles. The summed E-state index contributed by atoms with van der Waals surface area (Å²) in [5, 5.41) is 6.73. The number of alkyl carbamates (subject to hydrolysis) is 1. The number of nitrogens with zero attached hydrogens (tertiary/aromatic N) is 1. The molecule has 0 atom stereocenters. The zero-order chi connectivity index (χ0) is 20.2. The number of fused-ring (bicyclic) bond motifs is 3. The molecule has 1 heterocycles. The van der Waals surface area contributed by atoms with Crippen molar-refractivity contribution in [1.82, 2.24) is 10.5 Å². The Morgan fingerprint density at radius 1 is 1.10 bits per heavy atom. The average molecular weight is 388 g/mol. The van der Waals surface area contributed by atoms with Gasteiger partial charge < -0.3 is 14.6 Å². The quantitative estimate of drug-likeness (QED) is 0.587. The van der Waals surface area contributed by atoms with Gasteiger partial charge in [0.1, 0.15) is 12.4 Å². The molecule has 5 nitrogen and oxygen atoms in total. The van der Waals surface area contributed by atoms with Crippen LogP contribution in [0, 0.1) is 13.8 Å². The van der Waals surface area contributed by atoms with Crippen molar-refractivity contribution in [3.05, 3.63) is 82.8 Å². The number of aromatic nitrogens is 1. The first-order chi connectivity index (χ1) is 14.1. The van der Waals surface area contributed by atoms with Crippen molar-refractivity contribution in [1.29, 1.82) is 0 Å². The number of rotatable bonds is 6. The molecule has 0 unspecified atom stereocenters. The van der Waals surface area contributed by atoms with Crippen molar-refractivity contribution in [2.24, 2.45) is 0 Å². The van der Waals surface area contributed by atoms with Crippen LogP contribution >= 0.6 is 0 Å². The van der Waals surface area contributed by atoms with Crippen LogP contribution < -0.4 is 5.32 Å². The molecular weight excluding hydrogens is 364 g/mol. The zero-order valence-electron chi connectivity index (χ0n) is 16.6. The van der Waals surface area contributed by atoms with Gasteiger partial charge in [0, 0.05) is 18.0 Å². The summed E-state index contributed by atoms with van der Waals surface area (Å²) in [5.74, 6) is 0.871. The summed E-state index contributed by atoms with van der Waals surface area (Å²) in [6.07, 6.45) is 4.28. The summed E-state index contributed by atoms with van der Waals surface area (Å²) in [6.45, 7) is 4.63. The number of hydrogen-bond acceptors (Lipinski definition) is 4.